The summed E-state index contributed by atoms with van der Waals surface area (Å²) < 4.78 is 1.95. The molecule has 1 N–H and O–H groups in total. The maximum absolute atomic E-state index is 12.5. The second-order valence-electron chi connectivity index (χ2n) is 7.00. The van der Waals surface area contributed by atoms with Crippen LogP contribution in [0.25, 0.3) is 0 Å². The molecular weight excluding hydrogens is 314 g/mol. The van der Waals surface area contributed by atoms with Crippen LogP contribution in [0.15, 0.2) is 30.6 Å². The van der Waals surface area contributed by atoms with Crippen molar-refractivity contribution in [2.75, 3.05) is 13.1 Å². The zero-order valence-corrected chi connectivity index (χ0v) is 15.3. The minimum Gasteiger partial charge on any atom is -0.334 e. The van der Waals surface area contributed by atoms with Crippen LogP contribution in [0.3, 0.4) is 0 Å². The number of piperidine rings is 1. The smallest absolute Gasteiger partial charge is 0.317 e. The van der Waals surface area contributed by atoms with Gasteiger partial charge in [0, 0.05) is 37.2 Å². The minimum absolute atomic E-state index is 0.0298. The second kappa shape index (κ2) is 7.68. The Morgan fingerprint density at radius 2 is 1.96 bits per heavy atom. The normalized spacial score (nSPS) is 16.7. The van der Waals surface area contributed by atoms with E-state index in [1.807, 2.05) is 42.7 Å². The van der Waals surface area contributed by atoms with Gasteiger partial charge < -0.3 is 10.2 Å². The lowest BCUT2D eigenvalue weighted by molar-refractivity contribution is 0.177. The standard InChI is InChI=1S/C19H27N5O/c1-14-12-16(3)24(22-14)13-15(2)21-19(25)23-10-6-18(7-11-23)17-4-8-20-9-5-17/h4-5,8-9,12,15,18H,6-7,10-11,13H2,1-3H3,(H,21,25)/t15-/m0/s1. The highest BCUT2D eigenvalue weighted by molar-refractivity contribution is 5.74. The number of aromatic nitrogens is 3. The number of pyridine rings is 1. The van der Waals surface area contributed by atoms with Crippen molar-refractivity contribution in [2.24, 2.45) is 0 Å². The lowest BCUT2D eigenvalue weighted by Gasteiger charge is -2.33. The molecule has 0 unspecified atom stereocenters. The van der Waals surface area contributed by atoms with Crippen molar-refractivity contribution in [3.8, 4) is 0 Å². The number of amides is 2. The van der Waals surface area contributed by atoms with Crippen LogP contribution in [-0.2, 0) is 6.54 Å². The highest BCUT2D eigenvalue weighted by Crippen LogP contribution is 2.27. The molecule has 6 nitrogen and oxygen atoms in total. The molecule has 2 aromatic rings. The van der Waals surface area contributed by atoms with Gasteiger partial charge in [0.15, 0.2) is 0 Å². The Labute approximate surface area is 149 Å². The molecule has 1 aliphatic heterocycles. The van der Waals surface area contributed by atoms with Gasteiger partial charge in [-0.15, -0.1) is 0 Å². The second-order valence-corrected chi connectivity index (χ2v) is 7.00. The number of aryl methyl sites for hydroxylation is 2. The lowest BCUT2D eigenvalue weighted by Crippen LogP contribution is -2.48. The summed E-state index contributed by atoms with van der Waals surface area (Å²) in [5.41, 5.74) is 3.46. The Morgan fingerprint density at radius 1 is 1.28 bits per heavy atom. The molecule has 134 valence electrons. The summed E-state index contributed by atoms with van der Waals surface area (Å²) in [4.78, 5) is 18.5. The largest absolute Gasteiger partial charge is 0.334 e. The number of rotatable bonds is 4. The number of carbonyl (C=O) groups excluding carboxylic acids is 1. The average molecular weight is 341 g/mol. The van der Waals surface area contributed by atoms with Crippen molar-refractivity contribution in [1.29, 1.82) is 0 Å². The Bertz CT molecular complexity index is 704. The van der Waals surface area contributed by atoms with Crippen LogP contribution in [0.5, 0.6) is 0 Å². The molecule has 0 bridgehead atoms. The molecule has 3 heterocycles. The fraction of sp³-hybridized carbons (Fsp3) is 0.526. The van der Waals surface area contributed by atoms with E-state index >= 15 is 0 Å². The first-order valence-electron chi connectivity index (χ1n) is 8.99. The molecule has 1 aliphatic rings. The molecule has 0 aromatic carbocycles. The van der Waals surface area contributed by atoms with Crippen LogP contribution in [0.2, 0.25) is 0 Å². The van der Waals surface area contributed by atoms with Crippen molar-refractivity contribution in [3.63, 3.8) is 0 Å². The fourth-order valence-corrected chi connectivity index (χ4v) is 3.52. The monoisotopic (exact) mass is 341 g/mol. The zero-order chi connectivity index (χ0) is 17.8. The fourth-order valence-electron chi connectivity index (χ4n) is 3.52. The van der Waals surface area contributed by atoms with E-state index in [1.165, 1.54) is 5.56 Å². The first-order valence-corrected chi connectivity index (χ1v) is 8.99. The first kappa shape index (κ1) is 17.5. The van der Waals surface area contributed by atoms with E-state index in [9.17, 15) is 4.79 Å². The predicted molar refractivity (Wildman–Crippen MR) is 97.5 cm³/mol. The Balaban J connectivity index is 1.48. The van der Waals surface area contributed by atoms with Crippen LogP contribution in [0, 0.1) is 13.8 Å². The summed E-state index contributed by atoms with van der Waals surface area (Å²) in [6.45, 7) is 8.34. The number of urea groups is 1. The van der Waals surface area contributed by atoms with E-state index in [4.69, 9.17) is 0 Å². The van der Waals surface area contributed by atoms with Gasteiger partial charge in [-0.25, -0.2) is 4.79 Å². The number of carbonyl (C=O) groups is 1. The Kier molecular flexibility index (Phi) is 5.36. The highest BCUT2D eigenvalue weighted by Gasteiger charge is 2.24. The van der Waals surface area contributed by atoms with Gasteiger partial charge in [0.2, 0.25) is 0 Å². The summed E-state index contributed by atoms with van der Waals surface area (Å²) >= 11 is 0. The van der Waals surface area contributed by atoms with E-state index in [1.54, 1.807) is 0 Å². The molecule has 1 atom stereocenters. The Hall–Kier alpha value is -2.37. The highest BCUT2D eigenvalue weighted by atomic mass is 16.2. The number of hydrogen-bond acceptors (Lipinski definition) is 3. The van der Waals surface area contributed by atoms with Crippen molar-refractivity contribution >= 4 is 6.03 Å². The van der Waals surface area contributed by atoms with Gasteiger partial charge in [-0.05, 0) is 63.3 Å². The van der Waals surface area contributed by atoms with Gasteiger partial charge in [0.1, 0.15) is 0 Å². The molecule has 1 saturated heterocycles. The molecular formula is C19H27N5O. The summed E-state index contributed by atoms with van der Waals surface area (Å²) in [6.07, 6.45) is 5.69. The summed E-state index contributed by atoms with van der Waals surface area (Å²) in [6, 6.07) is 6.29. The van der Waals surface area contributed by atoms with Crippen LogP contribution in [0.1, 0.15) is 42.6 Å². The van der Waals surface area contributed by atoms with Gasteiger partial charge in [-0.1, -0.05) is 0 Å². The van der Waals surface area contributed by atoms with Crippen molar-refractivity contribution in [1.82, 2.24) is 25.0 Å². The number of nitrogens with zero attached hydrogens (tertiary/aromatic N) is 4. The average Bonchev–Trinajstić information content (AvgIpc) is 2.92. The third kappa shape index (κ3) is 4.38. The molecule has 3 rings (SSSR count). The minimum atomic E-state index is 0.0298. The van der Waals surface area contributed by atoms with Crippen LogP contribution in [-0.4, -0.2) is 44.8 Å². The van der Waals surface area contributed by atoms with E-state index in [0.29, 0.717) is 12.5 Å². The SMILES string of the molecule is Cc1cc(C)n(C[C@H](C)NC(=O)N2CCC(c3ccncc3)CC2)n1. The van der Waals surface area contributed by atoms with Crippen LogP contribution >= 0.6 is 0 Å². The van der Waals surface area contributed by atoms with Gasteiger partial charge in [0.25, 0.3) is 0 Å². The third-order valence-corrected chi connectivity index (χ3v) is 4.88. The quantitative estimate of drug-likeness (QED) is 0.930. The third-order valence-electron chi connectivity index (χ3n) is 4.88. The molecule has 2 amide bonds. The zero-order valence-electron chi connectivity index (χ0n) is 15.3. The molecule has 0 saturated carbocycles. The molecule has 25 heavy (non-hydrogen) atoms. The van der Waals surface area contributed by atoms with E-state index < -0.39 is 0 Å². The number of hydrogen-bond donors (Lipinski definition) is 1. The maximum atomic E-state index is 12.5. The first-order chi connectivity index (χ1) is 12.0. The van der Waals surface area contributed by atoms with Gasteiger partial charge in [0.05, 0.1) is 12.2 Å². The van der Waals surface area contributed by atoms with Crippen molar-refractivity contribution < 1.29 is 4.79 Å². The maximum Gasteiger partial charge on any atom is 0.317 e. The molecule has 0 spiro atoms. The summed E-state index contributed by atoms with van der Waals surface area (Å²) in [5, 5.41) is 7.57. The molecule has 6 heteroatoms. The van der Waals surface area contributed by atoms with Gasteiger partial charge in [-0.3, -0.25) is 9.67 Å². The van der Waals surface area contributed by atoms with Crippen LogP contribution in [0.4, 0.5) is 4.79 Å². The van der Waals surface area contributed by atoms with E-state index in [-0.39, 0.29) is 12.1 Å². The molecule has 0 aliphatic carbocycles. The molecule has 1 fully saturated rings. The summed E-state index contributed by atoms with van der Waals surface area (Å²) in [5.74, 6) is 0.527. The van der Waals surface area contributed by atoms with Crippen molar-refractivity contribution in [2.45, 2.75) is 52.1 Å². The van der Waals surface area contributed by atoms with Gasteiger partial charge in [-0.2, -0.15) is 5.10 Å². The lowest BCUT2D eigenvalue weighted by atomic mass is 9.90. The van der Waals surface area contributed by atoms with E-state index in [2.05, 4.69) is 33.6 Å². The van der Waals surface area contributed by atoms with E-state index in [0.717, 1.165) is 37.3 Å². The Morgan fingerprint density at radius 3 is 2.56 bits per heavy atom. The van der Waals surface area contributed by atoms with Crippen LogP contribution < -0.4 is 5.32 Å². The van der Waals surface area contributed by atoms with Crippen molar-refractivity contribution in [3.05, 3.63) is 47.5 Å². The predicted octanol–water partition coefficient (Wildman–Crippen LogP) is 2.87. The van der Waals surface area contributed by atoms with Gasteiger partial charge >= 0.3 is 6.03 Å². The topological polar surface area (TPSA) is 63.1 Å². The molecule has 0 radical (unpaired) electrons. The number of likely N-dealkylation sites (tertiary alicyclic amines) is 1. The molecule has 2 aromatic heterocycles. The summed E-state index contributed by atoms with van der Waals surface area (Å²) in [7, 11) is 0. The number of nitrogens with one attached hydrogen (secondary N) is 1.